The van der Waals surface area contributed by atoms with Crippen molar-refractivity contribution in [3.63, 3.8) is 0 Å². The smallest absolute Gasteiger partial charge is 0.305 e. The van der Waals surface area contributed by atoms with Crippen LogP contribution >= 0.6 is 0 Å². The normalized spacial score (nSPS) is 8.23. The molecule has 0 aliphatic rings. The SMILES string of the molecule is CC.COC(=O)CCCCC(N)=O. The highest BCUT2D eigenvalue weighted by atomic mass is 16.5. The molecule has 1 amide bonds. The maximum atomic E-state index is 10.5. The summed E-state index contributed by atoms with van der Waals surface area (Å²) in [6.45, 7) is 4.00. The van der Waals surface area contributed by atoms with Gasteiger partial charge in [-0.15, -0.1) is 0 Å². The predicted molar refractivity (Wildman–Crippen MR) is 51.0 cm³/mol. The molecule has 0 aliphatic carbocycles. The Hall–Kier alpha value is -1.06. The standard InChI is InChI=1S/C7H13NO3.C2H6/c1-11-7(10)5-3-2-4-6(8)9;1-2/h2-5H2,1H3,(H2,8,9);1-2H3. The molecule has 0 unspecified atom stereocenters. The zero-order chi connectivity index (χ0) is 10.7. The second-order valence-corrected chi connectivity index (χ2v) is 2.25. The van der Waals surface area contributed by atoms with Crippen molar-refractivity contribution in [2.45, 2.75) is 39.5 Å². The third-order valence-corrected chi connectivity index (χ3v) is 1.28. The first-order valence-electron chi connectivity index (χ1n) is 4.52. The molecule has 2 N–H and O–H groups in total. The molecule has 0 fully saturated rings. The lowest BCUT2D eigenvalue weighted by Gasteiger charge is -1.96. The Balaban J connectivity index is 0. The van der Waals surface area contributed by atoms with Gasteiger partial charge in [0, 0.05) is 12.8 Å². The molecular weight excluding hydrogens is 170 g/mol. The van der Waals surface area contributed by atoms with Crippen LogP contribution in [0.4, 0.5) is 0 Å². The number of unbranched alkanes of at least 4 members (excludes halogenated alkanes) is 1. The molecule has 4 heteroatoms. The van der Waals surface area contributed by atoms with Crippen molar-refractivity contribution in [1.82, 2.24) is 0 Å². The summed E-state index contributed by atoms with van der Waals surface area (Å²) in [6.07, 6.45) is 2.03. The quantitative estimate of drug-likeness (QED) is 0.522. The van der Waals surface area contributed by atoms with Crippen molar-refractivity contribution in [2.75, 3.05) is 7.11 Å². The van der Waals surface area contributed by atoms with Gasteiger partial charge in [-0.1, -0.05) is 13.8 Å². The van der Waals surface area contributed by atoms with Crippen molar-refractivity contribution in [2.24, 2.45) is 5.73 Å². The van der Waals surface area contributed by atoms with Crippen molar-refractivity contribution >= 4 is 11.9 Å². The van der Waals surface area contributed by atoms with Crippen molar-refractivity contribution in [3.8, 4) is 0 Å². The van der Waals surface area contributed by atoms with Crippen LogP contribution in [0.3, 0.4) is 0 Å². The number of primary amides is 1. The first kappa shape index (κ1) is 14.5. The van der Waals surface area contributed by atoms with Crippen molar-refractivity contribution in [3.05, 3.63) is 0 Å². The Labute approximate surface area is 79.4 Å². The lowest BCUT2D eigenvalue weighted by Crippen LogP contribution is -2.10. The van der Waals surface area contributed by atoms with Crippen LogP contribution in [0.15, 0.2) is 0 Å². The van der Waals surface area contributed by atoms with E-state index >= 15 is 0 Å². The van der Waals surface area contributed by atoms with Gasteiger partial charge in [0.05, 0.1) is 7.11 Å². The zero-order valence-corrected chi connectivity index (χ0v) is 8.63. The molecule has 0 radical (unpaired) electrons. The fraction of sp³-hybridized carbons (Fsp3) is 0.778. The molecule has 0 heterocycles. The summed E-state index contributed by atoms with van der Waals surface area (Å²) in [5.74, 6) is -0.565. The van der Waals surface area contributed by atoms with Gasteiger partial charge in [-0.3, -0.25) is 9.59 Å². The van der Waals surface area contributed by atoms with E-state index in [0.29, 0.717) is 25.7 Å². The Bertz CT molecular complexity index is 146. The van der Waals surface area contributed by atoms with Crippen molar-refractivity contribution < 1.29 is 14.3 Å². The van der Waals surface area contributed by atoms with Gasteiger partial charge in [0.15, 0.2) is 0 Å². The van der Waals surface area contributed by atoms with Crippen LogP contribution in [0.2, 0.25) is 0 Å². The molecule has 0 aromatic rings. The van der Waals surface area contributed by atoms with E-state index in [1.54, 1.807) is 0 Å². The first-order valence-corrected chi connectivity index (χ1v) is 4.52. The van der Waals surface area contributed by atoms with Gasteiger partial charge in [0.2, 0.25) is 5.91 Å². The average molecular weight is 189 g/mol. The lowest BCUT2D eigenvalue weighted by molar-refractivity contribution is -0.140. The van der Waals surface area contributed by atoms with Gasteiger partial charge in [-0.2, -0.15) is 0 Å². The van der Waals surface area contributed by atoms with E-state index in [1.165, 1.54) is 7.11 Å². The predicted octanol–water partition coefficient (Wildman–Crippen LogP) is 1.23. The number of nitrogens with two attached hydrogens (primary N) is 1. The van der Waals surface area contributed by atoms with Crippen LogP contribution in [0.1, 0.15) is 39.5 Å². The number of hydrogen-bond acceptors (Lipinski definition) is 3. The first-order chi connectivity index (χ1) is 6.16. The van der Waals surface area contributed by atoms with Gasteiger partial charge in [-0.25, -0.2) is 0 Å². The molecule has 0 aromatic carbocycles. The average Bonchev–Trinajstić information content (AvgIpc) is 2.15. The fourth-order valence-corrected chi connectivity index (χ4v) is 0.671. The second kappa shape index (κ2) is 10.9. The van der Waals surface area contributed by atoms with E-state index in [0.717, 1.165) is 0 Å². The monoisotopic (exact) mass is 189 g/mol. The van der Waals surface area contributed by atoms with Crippen LogP contribution in [-0.4, -0.2) is 19.0 Å². The molecule has 0 saturated heterocycles. The van der Waals surface area contributed by atoms with E-state index in [-0.39, 0.29) is 11.9 Å². The van der Waals surface area contributed by atoms with E-state index in [2.05, 4.69) is 4.74 Å². The molecule has 0 atom stereocenters. The van der Waals surface area contributed by atoms with Crippen LogP contribution in [0.25, 0.3) is 0 Å². The largest absolute Gasteiger partial charge is 0.469 e. The van der Waals surface area contributed by atoms with E-state index in [4.69, 9.17) is 5.73 Å². The molecule has 0 bridgehead atoms. The minimum atomic E-state index is -0.324. The summed E-state index contributed by atoms with van der Waals surface area (Å²) < 4.78 is 4.40. The van der Waals surface area contributed by atoms with Gasteiger partial charge in [-0.05, 0) is 12.8 Å². The van der Waals surface area contributed by atoms with Gasteiger partial charge in [0.1, 0.15) is 0 Å². The van der Waals surface area contributed by atoms with Crippen molar-refractivity contribution in [1.29, 1.82) is 0 Å². The molecule has 13 heavy (non-hydrogen) atoms. The molecule has 0 saturated carbocycles. The Morgan fingerprint density at radius 1 is 1.15 bits per heavy atom. The third-order valence-electron chi connectivity index (χ3n) is 1.28. The minimum absolute atomic E-state index is 0.241. The van der Waals surface area contributed by atoms with E-state index in [1.807, 2.05) is 13.8 Å². The molecule has 0 aliphatic heterocycles. The van der Waals surface area contributed by atoms with E-state index < -0.39 is 0 Å². The van der Waals surface area contributed by atoms with Crippen LogP contribution in [-0.2, 0) is 14.3 Å². The molecular formula is C9H19NO3. The number of methoxy groups -OCH3 is 1. The highest BCUT2D eigenvalue weighted by Gasteiger charge is 2.00. The number of carbonyl (C=O) groups excluding carboxylic acids is 2. The summed E-state index contributed by atoms with van der Waals surface area (Å²) in [6, 6.07) is 0. The van der Waals surface area contributed by atoms with Crippen LogP contribution in [0.5, 0.6) is 0 Å². The Morgan fingerprint density at radius 3 is 2.00 bits per heavy atom. The summed E-state index contributed by atoms with van der Waals surface area (Å²) in [5.41, 5.74) is 4.89. The highest BCUT2D eigenvalue weighted by Crippen LogP contribution is 1.99. The third kappa shape index (κ3) is 13.9. The lowest BCUT2D eigenvalue weighted by atomic mass is 10.2. The Morgan fingerprint density at radius 2 is 1.62 bits per heavy atom. The van der Waals surface area contributed by atoms with E-state index in [9.17, 15) is 9.59 Å². The maximum absolute atomic E-state index is 10.5. The summed E-state index contributed by atoms with van der Waals surface area (Å²) in [4.78, 5) is 20.7. The molecule has 0 aromatic heterocycles. The van der Waals surface area contributed by atoms with Crippen LogP contribution in [0, 0.1) is 0 Å². The van der Waals surface area contributed by atoms with Crippen LogP contribution < -0.4 is 5.73 Å². The minimum Gasteiger partial charge on any atom is -0.469 e. The summed E-state index contributed by atoms with van der Waals surface area (Å²) in [5, 5.41) is 0. The zero-order valence-electron chi connectivity index (χ0n) is 8.63. The number of carbonyl (C=O) groups is 2. The number of esters is 1. The fourth-order valence-electron chi connectivity index (χ4n) is 0.671. The highest BCUT2D eigenvalue weighted by molar-refractivity contribution is 5.73. The summed E-state index contributed by atoms with van der Waals surface area (Å²) in [7, 11) is 1.34. The van der Waals surface area contributed by atoms with Gasteiger partial charge < -0.3 is 10.5 Å². The Kier molecular flexibility index (Phi) is 12.2. The molecule has 78 valence electrons. The number of hydrogen-bond donors (Lipinski definition) is 1. The molecule has 4 nitrogen and oxygen atoms in total. The molecule has 0 rings (SSSR count). The van der Waals surface area contributed by atoms with Gasteiger partial charge >= 0.3 is 5.97 Å². The second-order valence-electron chi connectivity index (χ2n) is 2.25. The topological polar surface area (TPSA) is 69.4 Å². The number of amides is 1. The molecule has 0 spiro atoms. The van der Waals surface area contributed by atoms with Gasteiger partial charge in [0.25, 0.3) is 0 Å². The number of ether oxygens (including phenoxy) is 1. The maximum Gasteiger partial charge on any atom is 0.305 e. The number of rotatable bonds is 5. The summed E-state index contributed by atoms with van der Waals surface area (Å²) >= 11 is 0.